The lowest BCUT2D eigenvalue weighted by Gasteiger charge is -2.29. The van der Waals surface area contributed by atoms with Crippen LogP contribution in [0.15, 0.2) is 46.9 Å². The van der Waals surface area contributed by atoms with E-state index in [4.69, 9.17) is 4.42 Å². The van der Waals surface area contributed by atoms with Crippen LogP contribution in [0.25, 0.3) is 0 Å². The minimum atomic E-state index is -1.19. The first-order valence-electron chi connectivity index (χ1n) is 8.74. The van der Waals surface area contributed by atoms with Gasteiger partial charge in [0.25, 0.3) is 5.91 Å². The van der Waals surface area contributed by atoms with Gasteiger partial charge in [0, 0.05) is 18.1 Å². The van der Waals surface area contributed by atoms with Crippen LogP contribution < -0.4 is 10.4 Å². The minimum absolute atomic E-state index is 0.190. The molecule has 6 nitrogen and oxygen atoms in total. The van der Waals surface area contributed by atoms with Crippen LogP contribution in [-0.4, -0.2) is 50.1 Å². The number of aliphatic carboxylic acids is 1. The van der Waals surface area contributed by atoms with E-state index in [0.717, 1.165) is 5.75 Å². The van der Waals surface area contributed by atoms with Gasteiger partial charge in [0.1, 0.15) is 5.76 Å². The third-order valence-corrected chi connectivity index (χ3v) is 4.78. The largest absolute Gasteiger partial charge is 0.550 e. The maximum absolute atomic E-state index is 12.4. The second-order valence-corrected chi connectivity index (χ2v) is 8.45. The molecule has 2 rings (SSSR count). The van der Waals surface area contributed by atoms with Gasteiger partial charge in [-0.05, 0) is 17.7 Å². The first kappa shape index (κ1) is 21.1. The van der Waals surface area contributed by atoms with Crippen LogP contribution in [0.1, 0.15) is 28.3 Å². The molecule has 1 heterocycles. The van der Waals surface area contributed by atoms with E-state index in [9.17, 15) is 14.7 Å². The lowest BCUT2D eigenvalue weighted by Crippen LogP contribution is -2.50. The molecule has 27 heavy (non-hydrogen) atoms. The van der Waals surface area contributed by atoms with E-state index >= 15 is 0 Å². The first-order valence-corrected chi connectivity index (χ1v) is 9.90. The zero-order valence-electron chi connectivity index (χ0n) is 15.9. The molecule has 0 fully saturated rings. The third kappa shape index (κ3) is 7.88. The molecule has 1 aromatic carbocycles. The van der Waals surface area contributed by atoms with Crippen molar-refractivity contribution >= 4 is 23.6 Å². The van der Waals surface area contributed by atoms with Crippen molar-refractivity contribution in [1.82, 2.24) is 5.32 Å². The number of nitrogens with zero attached hydrogens (tertiary/aromatic N) is 1. The topological polar surface area (TPSA) is 82.4 Å². The molecule has 0 spiro atoms. The van der Waals surface area contributed by atoms with Gasteiger partial charge in [-0.15, -0.1) is 11.8 Å². The zero-order valence-corrected chi connectivity index (χ0v) is 16.8. The second kappa shape index (κ2) is 9.62. The summed E-state index contributed by atoms with van der Waals surface area (Å²) in [5.74, 6) is 0.823. The van der Waals surface area contributed by atoms with Crippen molar-refractivity contribution in [3.63, 3.8) is 0 Å². The smallest absolute Gasteiger partial charge is 0.287 e. The van der Waals surface area contributed by atoms with Crippen molar-refractivity contribution in [3.05, 3.63) is 59.5 Å². The number of thioether (sulfide) groups is 1. The van der Waals surface area contributed by atoms with Gasteiger partial charge in [0.05, 0.1) is 39.5 Å². The zero-order chi connectivity index (χ0) is 19.9. The maximum Gasteiger partial charge on any atom is 0.287 e. The summed E-state index contributed by atoms with van der Waals surface area (Å²) < 4.78 is 6.14. The molecule has 1 amide bonds. The Morgan fingerprint density at radius 3 is 2.44 bits per heavy atom. The van der Waals surface area contributed by atoms with E-state index in [1.807, 2.05) is 39.3 Å². The number of amides is 1. The van der Waals surface area contributed by atoms with E-state index in [-0.39, 0.29) is 12.2 Å². The fourth-order valence-corrected chi connectivity index (χ4v) is 3.59. The lowest BCUT2D eigenvalue weighted by atomic mass is 10.2. The highest BCUT2D eigenvalue weighted by Crippen LogP contribution is 2.19. The highest BCUT2D eigenvalue weighted by Gasteiger charge is 2.22. The molecule has 1 atom stereocenters. The van der Waals surface area contributed by atoms with Crippen LogP contribution in [0.5, 0.6) is 0 Å². The minimum Gasteiger partial charge on any atom is -0.550 e. The molecular weight excluding hydrogens is 364 g/mol. The molecular formula is C20H26N2O4S. The van der Waals surface area contributed by atoms with Crippen LogP contribution >= 0.6 is 11.8 Å². The number of carbonyl (C=O) groups is 2. The normalized spacial score (nSPS) is 12.6. The fraction of sp³-hybridized carbons (Fsp3) is 0.400. The van der Waals surface area contributed by atoms with Crippen molar-refractivity contribution < 1.29 is 23.6 Å². The third-order valence-electron chi connectivity index (χ3n) is 3.76. The summed E-state index contributed by atoms with van der Waals surface area (Å²) in [7, 11) is 5.80. The van der Waals surface area contributed by atoms with Gasteiger partial charge >= 0.3 is 0 Å². The molecule has 0 saturated heterocycles. The van der Waals surface area contributed by atoms with Crippen molar-refractivity contribution in [1.29, 1.82) is 0 Å². The second-order valence-electron chi connectivity index (χ2n) is 7.46. The number of rotatable bonds is 10. The van der Waals surface area contributed by atoms with Gasteiger partial charge in [0.2, 0.25) is 0 Å². The fourth-order valence-electron chi connectivity index (χ4n) is 2.70. The summed E-state index contributed by atoms with van der Waals surface area (Å²) in [4.78, 5) is 23.4. The maximum atomic E-state index is 12.4. The van der Waals surface area contributed by atoms with Crippen LogP contribution in [0, 0.1) is 0 Å². The molecule has 1 unspecified atom stereocenters. The van der Waals surface area contributed by atoms with Gasteiger partial charge < -0.3 is 24.1 Å². The monoisotopic (exact) mass is 390 g/mol. The Balaban J connectivity index is 1.89. The number of carboxylic acids is 1. The van der Waals surface area contributed by atoms with Crippen molar-refractivity contribution in [2.45, 2.75) is 24.0 Å². The van der Waals surface area contributed by atoms with Crippen molar-refractivity contribution in [3.8, 4) is 0 Å². The Labute approximate surface area is 164 Å². The van der Waals surface area contributed by atoms with Gasteiger partial charge in [-0.3, -0.25) is 4.79 Å². The Morgan fingerprint density at radius 2 is 1.81 bits per heavy atom. The van der Waals surface area contributed by atoms with E-state index < -0.39 is 17.9 Å². The van der Waals surface area contributed by atoms with E-state index in [2.05, 4.69) is 17.4 Å². The summed E-state index contributed by atoms with van der Waals surface area (Å²) in [6.45, 7) is 0.472. The Bertz CT molecular complexity index is 753. The van der Waals surface area contributed by atoms with Crippen molar-refractivity contribution in [2.24, 2.45) is 0 Å². The van der Waals surface area contributed by atoms with Crippen LogP contribution in [0.3, 0.4) is 0 Å². The number of quaternary nitrogens is 1. The first-order chi connectivity index (χ1) is 12.7. The summed E-state index contributed by atoms with van der Waals surface area (Å²) in [6.07, 6.45) is -0.234. The summed E-state index contributed by atoms with van der Waals surface area (Å²) in [6, 6.07) is 13.0. The summed E-state index contributed by atoms with van der Waals surface area (Å²) >= 11 is 1.70. The quantitative estimate of drug-likeness (QED) is 0.624. The highest BCUT2D eigenvalue weighted by atomic mass is 32.2. The number of likely N-dealkylation sites (N-methyl/N-ethyl adjacent to an activating group) is 1. The van der Waals surface area contributed by atoms with Gasteiger partial charge in [-0.2, -0.15) is 0 Å². The standard InChI is InChI=1S/C20H26N2O4S/c1-22(2,3)12-16(11-19(23)24)21-20(25)18-10-9-17(26-18)14-27-13-15-7-5-4-6-8-15/h4-10,16H,11-14H2,1-3H3,(H-,21,23,24,25). The number of carbonyl (C=O) groups excluding carboxylic acids is 2. The number of hydrogen-bond donors (Lipinski definition) is 1. The molecule has 0 bridgehead atoms. The Kier molecular flexibility index (Phi) is 7.50. The molecule has 0 aliphatic heterocycles. The average molecular weight is 391 g/mol. The Morgan fingerprint density at radius 1 is 1.11 bits per heavy atom. The molecule has 1 N–H and O–H groups in total. The van der Waals surface area contributed by atoms with E-state index in [1.165, 1.54) is 5.56 Å². The molecule has 2 aromatic rings. The van der Waals surface area contributed by atoms with Crippen molar-refractivity contribution in [2.75, 3.05) is 27.7 Å². The summed E-state index contributed by atoms with van der Waals surface area (Å²) in [5.41, 5.74) is 1.23. The SMILES string of the molecule is C[N+](C)(C)CC(CC(=O)[O-])NC(=O)c1ccc(CSCc2ccccc2)o1. The van der Waals surface area contributed by atoms with Crippen LogP contribution in [-0.2, 0) is 16.3 Å². The molecule has 0 saturated carbocycles. The molecule has 1 aromatic heterocycles. The number of nitrogens with one attached hydrogen (secondary N) is 1. The number of furan rings is 1. The van der Waals surface area contributed by atoms with Gasteiger partial charge in [-0.1, -0.05) is 30.3 Å². The molecule has 7 heteroatoms. The number of hydrogen-bond acceptors (Lipinski definition) is 5. The molecule has 0 radical (unpaired) electrons. The van der Waals surface area contributed by atoms with Crippen LogP contribution in [0.2, 0.25) is 0 Å². The lowest BCUT2D eigenvalue weighted by molar-refractivity contribution is -0.871. The van der Waals surface area contributed by atoms with Gasteiger partial charge in [-0.25, -0.2) is 0 Å². The summed E-state index contributed by atoms with van der Waals surface area (Å²) in [5, 5.41) is 13.7. The average Bonchev–Trinajstić information content (AvgIpc) is 3.02. The predicted octanol–water partition coefficient (Wildman–Crippen LogP) is 1.66. The van der Waals surface area contributed by atoms with Crippen LogP contribution in [0.4, 0.5) is 0 Å². The predicted molar refractivity (Wildman–Crippen MR) is 104 cm³/mol. The Hall–Kier alpha value is -2.25. The molecule has 0 aliphatic carbocycles. The molecule has 146 valence electrons. The van der Waals surface area contributed by atoms with E-state index in [1.54, 1.807) is 23.9 Å². The number of carboxylic acid groups (broad SMARTS) is 1. The number of benzene rings is 1. The molecule has 0 aliphatic rings. The highest BCUT2D eigenvalue weighted by molar-refractivity contribution is 7.97. The van der Waals surface area contributed by atoms with E-state index in [0.29, 0.717) is 22.5 Å². The van der Waals surface area contributed by atoms with Gasteiger partial charge in [0.15, 0.2) is 5.76 Å².